The van der Waals surface area contributed by atoms with Gasteiger partial charge >= 0.3 is 0 Å². The van der Waals surface area contributed by atoms with Crippen LogP contribution in [0.15, 0.2) is 24.5 Å². The number of amides is 1. The van der Waals surface area contributed by atoms with Crippen LogP contribution in [0.2, 0.25) is 0 Å². The number of aliphatic hydroxyl groups is 1. The van der Waals surface area contributed by atoms with Gasteiger partial charge in [-0.3, -0.25) is 4.79 Å². The topological polar surface area (TPSA) is 133 Å². The fraction of sp³-hybridized carbons (Fsp3) is 0.381. The summed E-state index contributed by atoms with van der Waals surface area (Å²) in [5.74, 6) is 0.543. The highest BCUT2D eigenvalue weighted by Gasteiger charge is 2.25. The summed E-state index contributed by atoms with van der Waals surface area (Å²) in [7, 11) is 0. The lowest BCUT2D eigenvalue weighted by Gasteiger charge is -2.36. The van der Waals surface area contributed by atoms with Crippen molar-refractivity contribution in [1.29, 1.82) is 0 Å². The second-order valence-electron chi connectivity index (χ2n) is 7.70. The van der Waals surface area contributed by atoms with Gasteiger partial charge in [0.05, 0.1) is 11.6 Å². The Hall–Kier alpha value is -3.60. The fourth-order valence-electron chi connectivity index (χ4n) is 3.85. The van der Waals surface area contributed by atoms with Crippen molar-refractivity contribution in [2.75, 3.05) is 48.7 Å². The first-order chi connectivity index (χ1) is 15.4. The van der Waals surface area contributed by atoms with Gasteiger partial charge in [-0.25, -0.2) is 19.3 Å². The molecular weight excluding hydrogens is 415 g/mol. The van der Waals surface area contributed by atoms with E-state index in [1.807, 2.05) is 13.0 Å². The van der Waals surface area contributed by atoms with Crippen molar-refractivity contribution < 1.29 is 14.3 Å². The zero-order chi connectivity index (χ0) is 22.8. The van der Waals surface area contributed by atoms with Crippen molar-refractivity contribution in [2.45, 2.75) is 19.9 Å². The van der Waals surface area contributed by atoms with E-state index in [2.05, 4.69) is 25.2 Å². The molecule has 4 rings (SSSR count). The van der Waals surface area contributed by atoms with Crippen LogP contribution in [0.3, 0.4) is 0 Å². The molecule has 0 bridgehead atoms. The van der Waals surface area contributed by atoms with E-state index in [-0.39, 0.29) is 23.7 Å². The maximum absolute atomic E-state index is 14.2. The average molecular weight is 440 g/mol. The van der Waals surface area contributed by atoms with E-state index in [1.54, 1.807) is 17.9 Å². The molecule has 0 saturated carbocycles. The molecule has 1 atom stereocenters. The molecule has 168 valence electrons. The number of hydrogen-bond acceptors (Lipinski definition) is 9. The van der Waals surface area contributed by atoms with E-state index in [1.165, 1.54) is 12.4 Å². The lowest BCUT2D eigenvalue weighted by atomic mass is 10.0. The molecule has 11 heteroatoms. The van der Waals surface area contributed by atoms with Crippen molar-refractivity contribution in [1.82, 2.24) is 24.8 Å². The number of aryl methyl sites for hydroxylation is 1. The number of benzene rings is 1. The predicted molar refractivity (Wildman–Crippen MR) is 119 cm³/mol. The first kappa shape index (κ1) is 21.6. The largest absolute Gasteiger partial charge is 0.387 e. The van der Waals surface area contributed by atoms with Crippen LogP contribution in [0.4, 0.5) is 22.1 Å². The molecule has 4 N–H and O–H groups in total. The van der Waals surface area contributed by atoms with Gasteiger partial charge < -0.3 is 26.0 Å². The Kier molecular flexibility index (Phi) is 5.99. The molecule has 1 unspecified atom stereocenters. The van der Waals surface area contributed by atoms with Gasteiger partial charge in [0, 0.05) is 42.7 Å². The maximum atomic E-state index is 14.2. The van der Waals surface area contributed by atoms with E-state index in [0.29, 0.717) is 49.0 Å². The molecule has 1 fully saturated rings. The van der Waals surface area contributed by atoms with Gasteiger partial charge in [0.2, 0.25) is 17.8 Å². The molecule has 1 saturated heterocycles. The quantitative estimate of drug-likeness (QED) is 0.536. The van der Waals surface area contributed by atoms with E-state index < -0.39 is 6.61 Å². The number of aromatic nitrogens is 4. The van der Waals surface area contributed by atoms with Gasteiger partial charge in [-0.15, -0.1) is 0 Å². The fourth-order valence-corrected chi connectivity index (χ4v) is 3.85. The summed E-state index contributed by atoms with van der Waals surface area (Å²) >= 11 is 0. The summed E-state index contributed by atoms with van der Waals surface area (Å²) in [4.78, 5) is 32.4. The zero-order valence-electron chi connectivity index (χ0n) is 17.9. The number of aliphatic hydroxyl groups excluding tert-OH is 1. The Morgan fingerprint density at radius 2 is 2.00 bits per heavy atom. The Morgan fingerprint density at radius 1 is 1.25 bits per heavy atom. The lowest BCUT2D eigenvalue weighted by molar-refractivity contribution is -0.134. The summed E-state index contributed by atoms with van der Waals surface area (Å²) < 4.78 is 14.2. The summed E-state index contributed by atoms with van der Waals surface area (Å²) in [5, 5.41) is 13.2. The molecule has 1 amide bonds. The van der Waals surface area contributed by atoms with Crippen molar-refractivity contribution in [3.8, 4) is 0 Å². The lowest BCUT2D eigenvalue weighted by Crippen LogP contribution is -2.50. The highest BCUT2D eigenvalue weighted by molar-refractivity contribution is 5.85. The highest BCUT2D eigenvalue weighted by Crippen LogP contribution is 2.32. The number of rotatable bonds is 5. The molecule has 32 heavy (non-hydrogen) atoms. The SMILES string of the molecule is Cc1c(F)ccc2cc(C(C)Nc3ncnc(N)n3)c(N3CCN(C(=O)CO)CC3)nc12. The second kappa shape index (κ2) is 8.87. The number of carbonyl (C=O) groups is 1. The Balaban J connectivity index is 1.72. The molecule has 3 heterocycles. The third-order valence-corrected chi connectivity index (χ3v) is 5.65. The van der Waals surface area contributed by atoms with E-state index in [9.17, 15) is 9.18 Å². The summed E-state index contributed by atoms with van der Waals surface area (Å²) in [6.07, 6.45) is 1.33. The number of fused-ring (bicyclic) bond motifs is 1. The van der Waals surface area contributed by atoms with Gasteiger partial charge in [-0.05, 0) is 32.0 Å². The van der Waals surface area contributed by atoms with Crippen molar-refractivity contribution in [3.63, 3.8) is 0 Å². The molecule has 0 spiro atoms. The van der Waals surface area contributed by atoms with Gasteiger partial charge in [-0.1, -0.05) is 0 Å². The molecular formula is C21H25FN8O2. The Bertz CT molecular complexity index is 1150. The predicted octanol–water partition coefficient (Wildman–Crippen LogP) is 1.26. The van der Waals surface area contributed by atoms with Gasteiger partial charge in [0.15, 0.2) is 0 Å². The van der Waals surface area contributed by atoms with Gasteiger partial charge in [-0.2, -0.15) is 4.98 Å². The summed E-state index contributed by atoms with van der Waals surface area (Å²) in [5.41, 5.74) is 7.62. The molecule has 3 aromatic rings. The van der Waals surface area contributed by atoms with E-state index >= 15 is 0 Å². The first-order valence-corrected chi connectivity index (χ1v) is 10.3. The second-order valence-corrected chi connectivity index (χ2v) is 7.70. The smallest absolute Gasteiger partial charge is 0.248 e. The van der Waals surface area contributed by atoms with Crippen LogP contribution in [-0.4, -0.2) is 68.6 Å². The van der Waals surface area contributed by atoms with Crippen LogP contribution >= 0.6 is 0 Å². The number of piperazine rings is 1. The van der Waals surface area contributed by atoms with E-state index in [4.69, 9.17) is 15.8 Å². The number of carbonyl (C=O) groups excluding carboxylic acids is 1. The molecule has 10 nitrogen and oxygen atoms in total. The number of anilines is 3. The van der Waals surface area contributed by atoms with Gasteiger partial charge in [0.25, 0.3) is 0 Å². The standard InChI is InChI=1S/C21H25FN8O2/c1-12-16(22)4-3-14-9-15(13(2)26-21-25-11-24-20(23)28-21)19(27-18(12)14)30-7-5-29(6-8-30)17(32)10-31/h3-4,9,11,13,31H,5-8,10H2,1-2H3,(H3,23,24,25,26,28). The van der Waals surface area contributed by atoms with E-state index in [0.717, 1.165) is 10.9 Å². The molecule has 1 aromatic carbocycles. The minimum absolute atomic E-state index is 0.113. The molecule has 0 aliphatic carbocycles. The number of nitrogens with two attached hydrogens (primary N) is 1. The third kappa shape index (κ3) is 4.24. The third-order valence-electron chi connectivity index (χ3n) is 5.65. The minimum atomic E-state index is -0.506. The monoisotopic (exact) mass is 440 g/mol. The van der Waals surface area contributed by atoms with Crippen LogP contribution in [0.5, 0.6) is 0 Å². The number of nitrogens with one attached hydrogen (secondary N) is 1. The van der Waals surface area contributed by atoms with Crippen molar-refractivity contribution in [2.24, 2.45) is 0 Å². The van der Waals surface area contributed by atoms with Crippen LogP contribution in [0, 0.1) is 12.7 Å². The van der Waals surface area contributed by atoms with Crippen LogP contribution in [0.1, 0.15) is 24.1 Å². The van der Waals surface area contributed by atoms with Crippen molar-refractivity contribution >= 4 is 34.5 Å². The molecule has 1 aliphatic heterocycles. The zero-order valence-corrected chi connectivity index (χ0v) is 17.9. The molecule has 0 radical (unpaired) electrons. The minimum Gasteiger partial charge on any atom is -0.387 e. The van der Waals surface area contributed by atoms with Crippen LogP contribution < -0.4 is 16.0 Å². The highest BCUT2D eigenvalue weighted by atomic mass is 19.1. The number of nitrogen functional groups attached to an aromatic ring is 1. The van der Waals surface area contributed by atoms with Crippen LogP contribution in [-0.2, 0) is 4.79 Å². The number of halogens is 1. The average Bonchev–Trinajstić information content (AvgIpc) is 2.80. The Labute approximate surface area is 184 Å². The number of pyridine rings is 1. The summed E-state index contributed by atoms with van der Waals surface area (Å²) in [6, 6.07) is 4.89. The molecule has 2 aromatic heterocycles. The number of hydrogen-bond donors (Lipinski definition) is 3. The van der Waals surface area contributed by atoms with Crippen LogP contribution in [0.25, 0.3) is 10.9 Å². The van der Waals surface area contributed by atoms with Crippen molar-refractivity contribution in [3.05, 3.63) is 41.5 Å². The first-order valence-electron chi connectivity index (χ1n) is 10.3. The normalized spacial score (nSPS) is 15.1. The Morgan fingerprint density at radius 3 is 2.69 bits per heavy atom. The molecule has 1 aliphatic rings. The maximum Gasteiger partial charge on any atom is 0.248 e. The number of nitrogens with zero attached hydrogens (tertiary/aromatic N) is 6. The summed E-state index contributed by atoms with van der Waals surface area (Å²) in [6.45, 7) is 5.16. The van der Waals surface area contributed by atoms with Gasteiger partial charge in [0.1, 0.15) is 24.6 Å².